The van der Waals surface area contributed by atoms with E-state index in [1.807, 2.05) is 25.2 Å². The monoisotopic (exact) mass is 401 g/mol. The van der Waals surface area contributed by atoms with Crippen molar-refractivity contribution in [2.45, 2.75) is 36.4 Å². The predicted octanol–water partition coefficient (Wildman–Crippen LogP) is 3.13. The quantitative estimate of drug-likeness (QED) is 0.502. The number of para-hydroxylation sites is 1. The SMILES string of the molecule is CCCCn1c(=O)[nH]c(=O)c2c1nc(CSc1nc3ccccc3s1)n2C. The normalized spacial score (nSPS) is 11.6. The second kappa shape index (κ2) is 7.32. The van der Waals surface area contributed by atoms with Gasteiger partial charge in [-0.2, -0.15) is 0 Å². The van der Waals surface area contributed by atoms with Crippen molar-refractivity contribution in [1.29, 1.82) is 0 Å². The van der Waals surface area contributed by atoms with Crippen LogP contribution in [0.2, 0.25) is 0 Å². The summed E-state index contributed by atoms with van der Waals surface area (Å²) in [6.45, 7) is 2.61. The summed E-state index contributed by atoms with van der Waals surface area (Å²) < 4.78 is 5.44. The third-order valence-electron chi connectivity index (χ3n) is 4.44. The van der Waals surface area contributed by atoms with Gasteiger partial charge in [0.25, 0.3) is 5.56 Å². The molecule has 9 heteroatoms. The van der Waals surface area contributed by atoms with Crippen LogP contribution in [0.5, 0.6) is 0 Å². The number of aromatic amines is 1. The lowest BCUT2D eigenvalue weighted by Crippen LogP contribution is -2.31. The smallest absolute Gasteiger partial charge is 0.325 e. The maximum absolute atomic E-state index is 12.3. The predicted molar refractivity (Wildman–Crippen MR) is 110 cm³/mol. The van der Waals surface area contributed by atoms with Crippen molar-refractivity contribution in [1.82, 2.24) is 24.1 Å². The number of hydrogen-bond donors (Lipinski definition) is 1. The van der Waals surface area contributed by atoms with E-state index in [4.69, 9.17) is 0 Å². The van der Waals surface area contributed by atoms with Crippen molar-refractivity contribution in [3.05, 3.63) is 50.9 Å². The molecule has 0 saturated heterocycles. The fourth-order valence-electron chi connectivity index (χ4n) is 2.98. The molecule has 7 nitrogen and oxygen atoms in total. The Balaban J connectivity index is 1.69. The number of nitrogens with zero attached hydrogens (tertiary/aromatic N) is 4. The van der Waals surface area contributed by atoms with Crippen molar-refractivity contribution in [3.8, 4) is 0 Å². The van der Waals surface area contributed by atoms with Gasteiger partial charge in [0.1, 0.15) is 5.82 Å². The lowest BCUT2D eigenvalue weighted by atomic mass is 10.3. The van der Waals surface area contributed by atoms with Crippen LogP contribution in [0.25, 0.3) is 21.4 Å². The summed E-state index contributed by atoms with van der Waals surface area (Å²) in [5.41, 5.74) is 1.09. The summed E-state index contributed by atoms with van der Waals surface area (Å²) in [6.07, 6.45) is 1.81. The Labute approximate surface area is 163 Å². The molecule has 0 unspecified atom stereocenters. The molecular formula is C18H19N5O2S2. The minimum Gasteiger partial charge on any atom is -0.325 e. The number of unbranched alkanes of at least 4 members (excludes halogenated alkanes) is 1. The molecule has 0 bridgehead atoms. The van der Waals surface area contributed by atoms with E-state index in [2.05, 4.69) is 27.9 Å². The number of hydrogen-bond acceptors (Lipinski definition) is 6. The average molecular weight is 402 g/mol. The van der Waals surface area contributed by atoms with Crippen LogP contribution in [0.1, 0.15) is 25.6 Å². The number of H-pyrrole nitrogens is 1. The number of thiazole rings is 1. The minimum atomic E-state index is -0.399. The first-order valence-corrected chi connectivity index (χ1v) is 10.6. The molecule has 0 fully saturated rings. The van der Waals surface area contributed by atoms with E-state index in [0.29, 0.717) is 23.5 Å². The van der Waals surface area contributed by atoms with Gasteiger partial charge in [-0.15, -0.1) is 11.3 Å². The molecule has 4 rings (SSSR count). The largest absolute Gasteiger partial charge is 0.330 e. The molecule has 1 N–H and O–H groups in total. The fourth-order valence-corrected chi connectivity index (χ4v) is 5.04. The Morgan fingerprint density at radius 2 is 2.04 bits per heavy atom. The molecule has 0 saturated carbocycles. The van der Waals surface area contributed by atoms with Crippen molar-refractivity contribution in [2.24, 2.45) is 7.05 Å². The number of imidazole rings is 1. The topological polar surface area (TPSA) is 85.6 Å². The summed E-state index contributed by atoms with van der Waals surface area (Å²) in [7, 11) is 1.81. The molecule has 3 heterocycles. The highest BCUT2D eigenvalue weighted by molar-refractivity contribution is 8.00. The number of thioether (sulfide) groups is 1. The van der Waals surface area contributed by atoms with Crippen LogP contribution in [0, 0.1) is 0 Å². The molecule has 4 aromatic rings. The first-order chi connectivity index (χ1) is 13.1. The molecule has 0 aliphatic heterocycles. The second-order valence-electron chi connectivity index (χ2n) is 6.26. The van der Waals surface area contributed by atoms with E-state index in [1.165, 1.54) is 0 Å². The zero-order chi connectivity index (χ0) is 19.0. The summed E-state index contributed by atoms with van der Waals surface area (Å²) in [4.78, 5) is 36.2. The van der Waals surface area contributed by atoms with Gasteiger partial charge in [-0.25, -0.2) is 14.8 Å². The van der Waals surface area contributed by atoms with E-state index in [0.717, 1.165) is 33.2 Å². The second-order valence-corrected chi connectivity index (χ2v) is 8.51. The molecule has 0 aliphatic rings. The number of aryl methyl sites for hydroxylation is 2. The number of aromatic nitrogens is 5. The highest BCUT2D eigenvalue weighted by Crippen LogP contribution is 2.31. The highest BCUT2D eigenvalue weighted by atomic mass is 32.2. The number of rotatable bonds is 6. The van der Waals surface area contributed by atoms with Crippen molar-refractivity contribution in [2.75, 3.05) is 0 Å². The van der Waals surface area contributed by atoms with Gasteiger partial charge in [0.15, 0.2) is 15.5 Å². The van der Waals surface area contributed by atoms with Crippen molar-refractivity contribution >= 4 is 44.5 Å². The van der Waals surface area contributed by atoms with E-state index >= 15 is 0 Å². The van der Waals surface area contributed by atoms with Crippen LogP contribution in [0.15, 0.2) is 38.2 Å². The fraction of sp³-hybridized carbons (Fsp3) is 0.333. The van der Waals surface area contributed by atoms with Gasteiger partial charge >= 0.3 is 5.69 Å². The Kier molecular flexibility index (Phi) is 4.88. The Morgan fingerprint density at radius 3 is 2.81 bits per heavy atom. The van der Waals surface area contributed by atoms with Gasteiger partial charge in [-0.3, -0.25) is 14.3 Å². The van der Waals surface area contributed by atoms with Crippen molar-refractivity contribution in [3.63, 3.8) is 0 Å². The summed E-state index contributed by atoms with van der Waals surface area (Å²) in [5.74, 6) is 1.32. The van der Waals surface area contributed by atoms with E-state index in [9.17, 15) is 9.59 Å². The maximum Gasteiger partial charge on any atom is 0.330 e. The molecule has 140 valence electrons. The molecule has 0 amide bonds. The van der Waals surface area contributed by atoms with Gasteiger partial charge in [0.05, 0.1) is 16.0 Å². The molecule has 1 aromatic carbocycles. The minimum absolute atomic E-state index is 0.394. The van der Waals surface area contributed by atoms with Crippen molar-refractivity contribution < 1.29 is 0 Å². The van der Waals surface area contributed by atoms with Gasteiger partial charge in [-0.05, 0) is 18.6 Å². The first-order valence-electron chi connectivity index (χ1n) is 8.75. The summed E-state index contributed by atoms with van der Waals surface area (Å²) in [5, 5.41) is 0. The van der Waals surface area contributed by atoms with E-state index in [1.54, 1.807) is 32.2 Å². The number of fused-ring (bicyclic) bond motifs is 2. The lowest BCUT2D eigenvalue weighted by Gasteiger charge is -2.04. The standard InChI is InChI=1S/C18H19N5O2S2/c1-3-4-9-23-15-14(16(24)21-17(23)25)22(2)13(20-15)10-26-18-19-11-7-5-6-8-12(11)27-18/h5-8H,3-4,9-10H2,1-2H3,(H,21,24,25). The molecule has 0 radical (unpaired) electrons. The summed E-state index contributed by atoms with van der Waals surface area (Å²) >= 11 is 3.23. The van der Waals surface area contributed by atoms with Gasteiger partial charge < -0.3 is 4.57 Å². The van der Waals surface area contributed by atoms with Crippen LogP contribution in [-0.4, -0.2) is 24.1 Å². The molecule has 0 aliphatic carbocycles. The molecule has 3 aromatic heterocycles. The number of nitrogens with one attached hydrogen (secondary N) is 1. The van der Waals surface area contributed by atoms with E-state index in [-0.39, 0.29) is 0 Å². The zero-order valence-electron chi connectivity index (χ0n) is 15.1. The van der Waals surface area contributed by atoms with Gasteiger partial charge in [0, 0.05) is 13.6 Å². The zero-order valence-corrected chi connectivity index (χ0v) is 16.7. The number of benzene rings is 1. The Morgan fingerprint density at radius 1 is 1.22 bits per heavy atom. The van der Waals surface area contributed by atoms with Crippen LogP contribution in [0.3, 0.4) is 0 Å². The third kappa shape index (κ3) is 3.32. The lowest BCUT2D eigenvalue weighted by molar-refractivity contribution is 0.613. The molecule has 0 spiro atoms. The third-order valence-corrected chi connectivity index (χ3v) is 6.62. The molecular weight excluding hydrogens is 382 g/mol. The Hall–Kier alpha value is -2.39. The van der Waals surface area contributed by atoms with Gasteiger partial charge in [0.2, 0.25) is 0 Å². The van der Waals surface area contributed by atoms with Crippen LogP contribution in [0.4, 0.5) is 0 Å². The van der Waals surface area contributed by atoms with Crippen LogP contribution < -0.4 is 11.2 Å². The molecule has 0 atom stereocenters. The van der Waals surface area contributed by atoms with E-state index < -0.39 is 11.2 Å². The Bertz CT molecular complexity index is 1200. The highest BCUT2D eigenvalue weighted by Gasteiger charge is 2.17. The first kappa shape index (κ1) is 18.0. The molecule has 27 heavy (non-hydrogen) atoms. The van der Waals surface area contributed by atoms with Crippen LogP contribution in [-0.2, 0) is 19.3 Å². The van der Waals surface area contributed by atoms with Gasteiger partial charge in [-0.1, -0.05) is 37.2 Å². The maximum atomic E-state index is 12.3. The van der Waals surface area contributed by atoms with Crippen LogP contribution >= 0.6 is 23.1 Å². The average Bonchev–Trinajstić information content (AvgIpc) is 3.20. The summed E-state index contributed by atoms with van der Waals surface area (Å²) in [6, 6.07) is 8.03.